The highest BCUT2D eigenvalue weighted by Crippen LogP contribution is 2.60. The normalized spacial score (nSPS) is 24.0. The molecule has 2 unspecified atom stereocenters. The molecule has 1 aliphatic heterocycles. The summed E-state index contributed by atoms with van der Waals surface area (Å²) in [5.41, 5.74) is 0.0535. The highest BCUT2D eigenvalue weighted by molar-refractivity contribution is 6.48. The molecule has 17 heavy (non-hydrogen) atoms. The Bertz CT molecular complexity index is 495. The second-order valence-electron chi connectivity index (χ2n) is 4.14. The Hall–Kier alpha value is -1.60. The van der Waals surface area contributed by atoms with Gasteiger partial charge < -0.3 is 25.7 Å². The Morgan fingerprint density at radius 3 is 2.94 bits per heavy atom. The van der Waals surface area contributed by atoms with E-state index in [1.165, 1.54) is 6.07 Å². The minimum Gasteiger partial charge on any atom is -0.545 e. The van der Waals surface area contributed by atoms with Crippen LogP contribution in [0.15, 0.2) is 12.1 Å². The molecule has 5 nitrogen and oxygen atoms in total. The maximum absolute atomic E-state index is 13.3. The zero-order valence-electron chi connectivity index (χ0n) is 9.14. The third-order valence-electron chi connectivity index (χ3n) is 3.19. The summed E-state index contributed by atoms with van der Waals surface area (Å²) in [7, 11) is -1.04. The predicted octanol–water partition coefficient (Wildman–Crippen LogP) is 0.296. The van der Waals surface area contributed by atoms with Crippen LogP contribution >= 0.6 is 0 Å². The summed E-state index contributed by atoms with van der Waals surface area (Å²) in [5.74, 6) is -2.51. The van der Waals surface area contributed by atoms with Gasteiger partial charge in [0.2, 0.25) is 0 Å². The molecule has 5 N–H and O–H groups in total. The van der Waals surface area contributed by atoms with Crippen LogP contribution in [0.3, 0.4) is 0 Å². The van der Waals surface area contributed by atoms with Crippen LogP contribution < -0.4 is 15.9 Å². The van der Waals surface area contributed by atoms with Gasteiger partial charge in [0.1, 0.15) is 11.6 Å². The van der Waals surface area contributed by atoms with Gasteiger partial charge in [0.15, 0.2) is 0 Å². The molecule has 7 heteroatoms. The summed E-state index contributed by atoms with van der Waals surface area (Å²) < 4.78 is 18.4. The molecule has 1 aromatic rings. The molecule has 90 valence electrons. The number of fused-ring (bicyclic) bond motifs is 3. The Labute approximate surface area is 96.9 Å². The van der Waals surface area contributed by atoms with Crippen molar-refractivity contribution in [3.63, 3.8) is 0 Å². The minimum absolute atomic E-state index is 0. The molecule has 0 amide bonds. The van der Waals surface area contributed by atoms with Crippen molar-refractivity contribution < 1.29 is 24.0 Å². The van der Waals surface area contributed by atoms with E-state index < -0.39 is 24.5 Å². The second kappa shape index (κ2) is 3.71. The van der Waals surface area contributed by atoms with Gasteiger partial charge in [0, 0.05) is 5.82 Å². The highest BCUT2D eigenvalue weighted by atomic mass is 19.1. The molecular weight excluding hydrogens is 228 g/mol. The van der Waals surface area contributed by atoms with Crippen molar-refractivity contribution >= 4 is 13.1 Å². The fraction of sp³-hybridized carbons (Fsp3) is 0.300. The molecule has 1 aromatic carbocycles. The molecule has 2 aliphatic rings. The van der Waals surface area contributed by atoms with Gasteiger partial charge >= 0.3 is 7.12 Å². The number of carbonyl (C=O) groups is 1. The smallest absolute Gasteiger partial charge is 0.526 e. The number of benzene rings is 1. The molecule has 3 rings (SSSR count). The van der Waals surface area contributed by atoms with Crippen LogP contribution in [-0.4, -0.2) is 18.1 Å². The average Bonchev–Trinajstić information content (AvgIpc) is 2.96. The summed E-state index contributed by atoms with van der Waals surface area (Å²) in [4.78, 5) is 10.8. The van der Waals surface area contributed by atoms with Crippen molar-refractivity contribution in [1.82, 2.24) is 6.15 Å². The van der Waals surface area contributed by atoms with Gasteiger partial charge in [-0.3, -0.25) is 0 Å². The largest absolute Gasteiger partial charge is 0.545 e. The molecule has 1 aliphatic carbocycles. The fourth-order valence-corrected chi connectivity index (χ4v) is 2.28. The maximum atomic E-state index is 13.3. The first-order valence-electron chi connectivity index (χ1n) is 4.98. The van der Waals surface area contributed by atoms with Crippen molar-refractivity contribution in [2.75, 3.05) is 0 Å². The van der Waals surface area contributed by atoms with E-state index in [1.807, 2.05) is 0 Å². The zero-order valence-corrected chi connectivity index (χ0v) is 9.14. The minimum atomic E-state index is -1.62. The van der Waals surface area contributed by atoms with Gasteiger partial charge in [-0.15, -0.1) is 0 Å². The van der Waals surface area contributed by atoms with E-state index in [9.17, 15) is 19.3 Å². The summed E-state index contributed by atoms with van der Waals surface area (Å²) in [6, 6.07) is 2.61. The zero-order chi connectivity index (χ0) is 11.4. The molecule has 0 bridgehead atoms. The van der Waals surface area contributed by atoms with Crippen LogP contribution in [0.5, 0.6) is 5.75 Å². The Kier molecular flexibility index (Phi) is 2.59. The van der Waals surface area contributed by atoms with Crippen LogP contribution in [0.25, 0.3) is 0 Å². The van der Waals surface area contributed by atoms with E-state index in [0.29, 0.717) is 5.56 Å². The average molecular weight is 239 g/mol. The maximum Gasteiger partial charge on any atom is 0.526 e. The summed E-state index contributed by atoms with van der Waals surface area (Å²) in [6.07, 6.45) is 0.742. The molecule has 1 heterocycles. The SMILES string of the molecule is O=C([O-])c1c(F)ccc2c1OB(O)C1CC21.[NH4+]. The van der Waals surface area contributed by atoms with E-state index in [-0.39, 0.29) is 23.6 Å². The lowest BCUT2D eigenvalue weighted by Crippen LogP contribution is -2.31. The molecule has 0 saturated heterocycles. The van der Waals surface area contributed by atoms with Crippen LogP contribution in [0.4, 0.5) is 4.39 Å². The number of carboxylic acid groups (broad SMARTS) is 1. The number of carboxylic acids is 1. The summed E-state index contributed by atoms with van der Waals surface area (Å²) >= 11 is 0. The number of carbonyl (C=O) groups excluding carboxylic acids is 1. The molecule has 0 spiro atoms. The molecule has 1 saturated carbocycles. The fourth-order valence-electron chi connectivity index (χ4n) is 2.28. The predicted molar refractivity (Wildman–Crippen MR) is 56.4 cm³/mol. The number of hydrogen-bond acceptors (Lipinski definition) is 4. The Morgan fingerprint density at radius 1 is 1.59 bits per heavy atom. The number of halogens is 1. The van der Waals surface area contributed by atoms with Crippen molar-refractivity contribution in [2.45, 2.75) is 18.2 Å². The van der Waals surface area contributed by atoms with Gasteiger partial charge in [-0.05, 0) is 24.0 Å². The first-order valence-corrected chi connectivity index (χ1v) is 4.98. The first kappa shape index (κ1) is 11.9. The van der Waals surface area contributed by atoms with Crippen molar-refractivity contribution in [1.29, 1.82) is 0 Å². The Morgan fingerprint density at radius 2 is 2.29 bits per heavy atom. The highest BCUT2D eigenvalue weighted by Gasteiger charge is 2.54. The molecule has 2 atom stereocenters. The third kappa shape index (κ3) is 1.58. The van der Waals surface area contributed by atoms with E-state index in [4.69, 9.17) is 4.65 Å². The third-order valence-corrected chi connectivity index (χ3v) is 3.19. The van der Waals surface area contributed by atoms with Gasteiger partial charge in [0.25, 0.3) is 0 Å². The van der Waals surface area contributed by atoms with Gasteiger partial charge in [-0.25, -0.2) is 4.39 Å². The van der Waals surface area contributed by atoms with Crippen molar-refractivity contribution in [3.05, 3.63) is 29.1 Å². The second-order valence-corrected chi connectivity index (χ2v) is 4.14. The quantitative estimate of drug-likeness (QED) is 0.687. The van der Waals surface area contributed by atoms with E-state index >= 15 is 0 Å². The summed E-state index contributed by atoms with van der Waals surface area (Å²) in [6.45, 7) is 0. The van der Waals surface area contributed by atoms with E-state index in [0.717, 1.165) is 12.5 Å². The Balaban J connectivity index is 0.00000108. The van der Waals surface area contributed by atoms with Gasteiger partial charge in [-0.1, -0.05) is 6.07 Å². The van der Waals surface area contributed by atoms with Gasteiger partial charge in [0.05, 0.1) is 11.5 Å². The standard InChI is InChI=1S/C10H8BFO4.H3N/c12-7-2-1-4-5-3-6(5)11(15)16-9(4)8(7)10(13)14;/h1-2,5-6,15H,3H2,(H,13,14);1H3. The van der Waals surface area contributed by atoms with Crippen LogP contribution in [-0.2, 0) is 0 Å². The summed E-state index contributed by atoms with van der Waals surface area (Å²) in [5, 5.41) is 20.3. The first-order chi connectivity index (χ1) is 7.59. The lowest BCUT2D eigenvalue weighted by atomic mass is 9.77. The number of hydrogen-bond donors (Lipinski definition) is 2. The molecule has 1 fully saturated rings. The molecule has 0 radical (unpaired) electrons. The van der Waals surface area contributed by atoms with Crippen molar-refractivity contribution in [2.24, 2.45) is 0 Å². The lowest BCUT2D eigenvalue weighted by molar-refractivity contribution is -0.255. The molecule has 0 aromatic heterocycles. The number of rotatable bonds is 1. The number of quaternary nitrogens is 1. The van der Waals surface area contributed by atoms with Crippen molar-refractivity contribution in [3.8, 4) is 5.75 Å². The number of aromatic carboxylic acids is 1. The van der Waals surface area contributed by atoms with E-state index in [1.54, 1.807) is 0 Å². The molecular formula is C10H11BFNO4. The van der Waals surface area contributed by atoms with Crippen LogP contribution in [0.1, 0.15) is 28.3 Å². The van der Waals surface area contributed by atoms with E-state index in [2.05, 4.69) is 0 Å². The lowest BCUT2D eigenvalue weighted by Gasteiger charge is -2.22. The van der Waals surface area contributed by atoms with Crippen LogP contribution in [0.2, 0.25) is 5.82 Å². The topological polar surface area (TPSA) is 106 Å². The van der Waals surface area contributed by atoms with Crippen LogP contribution in [0, 0.1) is 5.82 Å². The van der Waals surface area contributed by atoms with Gasteiger partial charge in [-0.2, -0.15) is 0 Å². The monoisotopic (exact) mass is 239 g/mol.